The van der Waals surface area contributed by atoms with Crippen LogP contribution >= 0.6 is 0 Å². The van der Waals surface area contributed by atoms with E-state index in [1.165, 1.54) is 88.5 Å². The average molecular weight is 603 g/mol. The zero-order valence-electron chi connectivity index (χ0n) is 25.5. The van der Waals surface area contributed by atoms with Crippen LogP contribution in [0, 0.1) is 0 Å². The Morgan fingerprint density at radius 1 is 0.545 bits per heavy atom. The maximum atomic E-state index is 12.3. The largest absolute Gasteiger partial charge is 0.507 e. The molecule has 0 fully saturated rings. The van der Waals surface area contributed by atoms with Gasteiger partial charge in [-0.05, 0) is 85.8 Å². The van der Waals surface area contributed by atoms with Gasteiger partial charge in [0, 0.05) is 23.3 Å². The number of aromatic amines is 2. The lowest BCUT2D eigenvalue weighted by Crippen LogP contribution is -2.16. The molecule has 4 N–H and O–H groups in total. The van der Waals surface area contributed by atoms with Gasteiger partial charge < -0.3 is 29.2 Å². The molecule has 0 saturated carbocycles. The van der Waals surface area contributed by atoms with Crippen molar-refractivity contribution < 1.29 is 29.2 Å². The van der Waals surface area contributed by atoms with Crippen molar-refractivity contribution in [3.05, 3.63) is 79.1 Å². The number of aryl methyl sites for hydroxylation is 2. The topological polar surface area (TPSA) is 143 Å². The first kappa shape index (κ1) is 30.6. The van der Waals surface area contributed by atoms with Crippen molar-refractivity contribution in [2.24, 2.45) is 0 Å². The standard InChI is InChI=1S/C20H22O2.C14H16N2O6/c21-17-11-9-13-5-1-3-7-15(13)19(17)20-16-8-4-2-6-14(16)10-12-18(20)22;1-19-9-5-7(17)11(13(15-9)21-3)12-8(18)6-10(20-2)16-14(12)22-4/h9-12,21-22H,1-8H2;5-6H,1-4H3,(H,15,17)(H,16,18). The highest BCUT2D eigenvalue weighted by atomic mass is 16.5. The summed E-state index contributed by atoms with van der Waals surface area (Å²) in [4.78, 5) is 30.2. The summed E-state index contributed by atoms with van der Waals surface area (Å²) in [7, 11) is 5.56. The molecule has 0 unspecified atom stereocenters. The zero-order valence-corrected chi connectivity index (χ0v) is 25.5. The summed E-state index contributed by atoms with van der Waals surface area (Å²) in [5, 5.41) is 21.1. The Morgan fingerprint density at radius 2 is 0.932 bits per heavy atom. The Kier molecular flexibility index (Phi) is 9.18. The van der Waals surface area contributed by atoms with E-state index in [0.717, 1.165) is 36.8 Å². The summed E-state index contributed by atoms with van der Waals surface area (Å²) in [6, 6.07) is 10.2. The van der Waals surface area contributed by atoms with Crippen LogP contribution in [0.25, 0.3) is 22.3 Å². The summed E-state index contributed by atoms with van der Waals surface area (Å²) in [6.45, 7) is 0. The van der Waals surface area contributed by atoms with E-state index in [4.69, 9.17) is 18.9 Å². The van der Waals surface area contributed by atoms with Crippen molar-refractivity contribution in [1.29, 1.82) is 0 Å². The fourth-order valence-corrected chi connectivity index (χ4v) is 6.22. The van der Waals surface area contributed by atoms with Crippen molar-refractivity contribution in [2.45, 2.75) is 51.4 Å². The molecule has 6 rings (SSSR count). The highest BCUT2D eigenvalue weighted by Crippen LogP contribution is 2.45. The first-order chi connectivity index (χ1) is 21.3. The van der Waals surface area contributed by atoms with Crippen LogP contribution < -0.4 is 29.8 Å². The number of phenols is 2. The summed E-state index contributed by atoms with van der Waals surface area (Å²) in [6.07, 6.45) is 8.94. The quantitative estimate of drug-likeness (QED) is 0.233. The fraction of sp³-hybridized carbons (Fsp3) is 0.353. The van der Waals surface area contributed by atoms with Gasteiger partial charge in [0.1, 0.15) is 11.5 Å². The number of hydrogen-bond acceptors (Lipinski definition) is 8. The van der Waals surface area contributed by atoms with Gasteiger partial charge in [-0.3, -0.25) is 19.6 Å². The molecular formula is C34H38N2O8. The Bertz CT molecular complexity index is 1660. The lowest BCUT2D eigenvalue weighted by atomic mass is 9.80. The van der Waals surface area contributed by atoms with Crippen LogP contribution in [-0.4, -0.2) is 48.6 Å². The maximum Gasteiger partial charge on any atom is 0.205 e. The van der Waals surface area contributed by atoms with E-state index in [2.05, 4.69) is 22.1 Å². The summed E-state index contributed by atoms with van der Waals surface area (Å²) in [5.41, 5.74) is 6.18. The third-order valence-corrected chi connectivity index (χ3v) is 8.31. The average Bonchev–Trinajstić information content (AvgIpc) is 3.05. The number of rotatable bonds is 6. The number of nitrogens with one attached hydrogen (secondary N) is 2. The summed E-state index contributed by atoms with van der Waals surface area (Å²) in [5.74, 6) is 1.26. The van der Waals surface area contributed by atoms with Crippen LogP contribution in [-0.2, 0) is 25.7 Å². The molecule has 44 heavy (non-hydrogen) atoms. The number of aromatic nitrogens is 2. The maximum absolute atomic E-state index is 12.3. The molecule has 10 nitrogen and oxygen atoms in total. The number of benzene rings is 2. The molecule has 2 heterocycles. The first-order valence-electron chi connectivity index (χ1n) is 14.7. The minimum absolute atomic E-state index is 0.0454. The van der Waals surface area contributed by atoms with Crippen LogP contribution in [0.15, 0.2) is 46.0 Å². The summed E-state index contributed by atoms with van der Waals surface area (Å²) >= 11 is 0. The van der Waals surface area contributed by atoms with Crippen LogP contribution in [0.3, 0.4) is 0 Å². The van der Waals surface area contributed by atoms with Crippen molar-refractivity contribution in [3.63, 3.8) is 0 Å². The number of ether oxygens (including phenoxy) is 4. The van der Waals surface area contributed by atoms with Crippen LogP contribution in [0.1, 0.15) is 47.9 Å². The van der Waals surface area contributed by atoms with Crippen molar-refractivity contribution in [3.8, 4) is 57.3 Å². The minimum Gasteiger partial charge on any atom is -0.507 e. The second-order valence-electron chi connectivity index (χ2n) is 10.8. The Balaban J connectivity index is 0.000000175. The molecule has 2 aliphatic carbocycles. The normalized spacial score (nSPS) is 13.5. The highest BCUT2D eigenvalue weighted by Gasteiger charge is 2.25. The molecule has 0 radical (unpaired) electrons. The summed E-state index contributed by atoms with van der Waals surface area (Å²) < 4.78 is 20.3. The van der Waals surface area contributed by atoms with Crippen molar-refractivity contribution in [1.82, 2.24) is 9.97 Å². The predicted molar refractivity (Wildman–Crippen MR) is 168 cm³/mol. The van der Waals surface area contributed by atoms with Crippen LogP contribution in [0.4, 0.5) is 0 Å². The number of fused-ring (bicyclic) bond motifs is 2. The lowest BCUT2D eigenvalue weighted by Gasteiger charge is -2.25. The van der Waals surface area contributed by atoms with Gasteiger partial charge in [-0.15, -0.1) is 0 Å². The molecule has 10 heteroatoms. The van der Waals surface area contributed by atoms with E-state index in [1.807, 2.05) is 0 Å². The molecule has 0 amide bonds. The zero-order chi connectivity index (χ0) is 31.4. The number of aromatic hydroxyl groups is 2. The molecule has 232 valence electrons. The highest BCUT2D eigenvalue weighted by molar-refractivity contribution is 5.83. The Hall–Kier alpha value is -4.86. The van der Waals surface area contributed by atoms with Gasteiger partial charge >= 0.3 is 0 Å². The van der Waals surface area contributed by atoms with E-state index >= 15 is 0 Å². The molecule has 0 bridgehead atoms. The first-order valence-corrected chi connectivity index (χ1v) is 14.7. The Morgan fingerprint density at radius 3 is 1.30 bits per heavy atom. The molecule has 0 atom stereocenters. The monoisotopic (exact) mass is 602 g/mol. The van der Waals surface area contributed by atoms with Crippen molar-refractivity contribution >= 4 is 0 Å². The molecule has 0 spiro atoms. The second-order valence-corrected chi connectivity index (χ2v) is 10.8. The molecule has 2 aliphatic rings. The smallest absolute Gasteiger partial charge is 0.205 e. The number of pyridine rings is 2. The van der Waals surface area contributed by atoms with E-state index in [9.17, 15) is 19.8 Å². The fourth-order valence-electron chi connectivity index (χ4n) is 6.22. The number of hydrogen-bond donors (Lipinski definition) is 4. The molecule has 4 aromatic rings. The third kappa shape index (κ3) is 5.84. The number of methoxy groups -OCH3 is 4. The third-order valence-electron chi connectivity index (χ3n) is 8.31. The number of H-pyrrole nitrogens is 2. The van der Waals surface area contributed by atoms with Crippen molar-refractivity contribution in [2.75, 3.05) is 28.4 Å². The second kappa shape index (κ2) is 13.2. The van der Waals surface area contributed by atoms with E-state index in [1.54, 1.807) is 12.1 Å². The molecule has 0 saturated heterocycles. The van der Waals surface area contributed by atoms with Gasteiger partial charge in [-0.1, -0.05) is 12.1 Å². The van der Waals surface area contributed by atoms with Crippen LogP contribution in [0.5, 0.6) is 35.0 Å². The predicted octanol–water partition coefficient (Wildman–Crippen LogP) is 5.29. The van der Waals surface area contributed by atoms with E-state index in [0.29, 0.717) is 11.5 Å². The van der Waals surface area contributed by atoms with Gasteiger partial charge in [0.2, 0.25) is 11.8 Å². The molecular weight excluding hydrogens is 564 g/mol. The minimum atomic E-state index is -0.443. The van der Waals surface area contributed by atoms with E-state index in [-0.39, 0.29) is 34.6 Å². The molecule has 0 aliphatic heterocycles. The van der Waals surface area contributed by atoms with Gasteiger partial charge in [0.15, 0.2) is 22.6 Å². The van der Waals surface area contributed by atoms with Gasteiger partial charge in [-0.25, -0.2) is 0 Å². The SMILES string of the molecule is COc1cc(=O)c(-c2c(OC)[nH]c(OC)cc2=O)c(OC)[nH]1.Oc1ccc2c(c1-c1c(O)ccc3c1CCCC3)CCCC2. The van der Waals surface area contributed by atoms with E-state index < -0.39 is 10.9 Å². The molecule has 2 aromatic heterocycles. The molecule has 2 aromatic carbocycles. The van der Waals surface area contributed by atoms with Gasteiger partial charge in [0.25, 0.3) is 0 Å². The van der Waals surface area contributed by atoms with Gasteiger partial charge in [-0.2, -0.15) is 0 Å². The van der Waals surface area contributed by atoms with Gasteiger partial charge in [0.05, 0.1) is 39.6 Å². The van der Waals surface area contributed by atoms with Crippen LogP contribution in [0.2, 0.25) is 0 Å². The number of phenolic OH excluding ortho intramolecular Hbond substituents is 2. The Labute approximate surface area is 255 Å². The lowest BCUT2D eigenvalue weighted by molar-refractivity contribution is 0.360.